The number of benzene rings is 1. The monoisotopic (exact) mass is 301 g/mol. The van der Waals surface area contributed by atoms with Gasteiger partial charge in [0, 0.05) is 18.7 Å². The average Bonchev–Trinajstić information content (AvgIpc) is 2.89. The molecule has 2 heterocycles. The molecule has 0 bridgehead atoms. The first-order valence-corrected chi connectivity index (χ1v) is 7.65. The number of anilines is 1. The van der Waals surface area contributed by atoms with Crippen LogP contribution < -0.4 is 10.7 Å². The van der Waals surface area contributed by atoms with Crippen LogP contribution in [0.3, 0.4) is 0 Å². The van der Waals surface area contributed by atoms with Gasteiger partial charge in [-0.25, -0.2) is 4.79 Å². The number of para-hydroxylation sites is 1. The number of aryl methyl sites for hydroxylation is 1. The molecule has 1 unspecified atom stereocenters. The van der Waals surface area contributed by atoms with E-state index in [1.54, 1.807) is 4.90 Å². The van der Waals surface area contributed by atoms with E-state index in [0.717, 1.165) is 18.5 Å². The van der Waals surface area contributed by atoms with Crippen LogP contribution in [0.4, 0.5) is 5.69 Å². The summed E-state index contributed by atoms with van der Waals surface area (Å²) in [5, 5.41) is 4.19. The Balaban J connectivity index is 1.88. The molecule has 22 heavy (non-hydrogen) atoms. The van der Waals surface area contributed by atoms with E-state index in [2.05, 4.69) is 5.10 Å². The van der Waals surface area contributed by atoms with Gasteiger partial charge in [-0.15, -0.1) is 5.10 Å². The molecule has 0 radical (unpaired) electrons. The Bertz CT molecular complexity index is 705. The van der Waals surface area contributed by atoms with Crippen molar-refractivity contribution in [3.8, 4) is 0 Å². The summed E-state index contributed by atoms with van der Waals surface area (Å²) in [4.78, 5) is 26.4. The van der Waals surface area contributed by atoms with E-state index in [0.29, 0.717) is 25.3 Å². The Labute approximate surface area is 128 Å². The SMILES string of the molecule is CCCc1nn(C2CCCN(c3ccccc3)C2=O)c(=O)o1. The molecule has 1 aliphatic rings. The normalized spacial score (nSPS) is 18.7. The second kappa shape index (κ2) is 6.17. The van der Waals surface area contributed by atoms with Crippen molar-refractivity contribution in [3.63, 3.8) is 0 Å². The number of amides is 1. The summed E-state index contributed by atoms with van der Waals surface area (Å²) in [5.41, 5.74) is 0.850. The highest BCUT2D eigenvalue weighted by atomic mass is 16.4. The van der Waals surface area contributed by atoms with Crippen LogP contribution in [0.15, 0.2) is 39.5 Å². The van der Waals surface area contributed by atoms with Gasteiger partial charge in [0.2, 0.25) is 5.89 Å². The molecule has 1 amide bonds. The molecule has 1 fully saturated rings. The molecule has 2 aromatic rings. The molecule has 1 atom stereocenters. The van der Waals surface area contributed by atoms with Crippen molar-refractivity contribution in [1.29, 1.82) is 0 Å². The van der Waals surface area contributed by atoms with Gasteiger partial charge in [-0.1, -0.05) is 25.1 Å². The molecule has 0 aliphatic carbocycles. The van der Waals surface area contributed by atoms with Crippen LogP contribution >= 0.6 is 0 Å². The molecule has 116 valence electrons. The fourth-order valence-electron chi connectivity index (χ4n) is 2.79. The third kappa shape index (κ3) is 2.68. The van der Waals surface area contributed by atoms with E-state index >= 15 is 0 Å². The Morgan fingerprint density at radius 1 is 1.27 bits per heavy atom. The highest BCUT2D eigenvalue weighted by molar-refractivity contribution is 5.96. The lowest BCUT2D eigenvalue weighted by atomic mass is 10.0. The number of carbonyl (C=O) groups is 1. The average molecular weight is 301 g/mol. The van der Waals surface area contributed by atoms with Crippen LogP contribution in [0.1, 0.15) is 38.1 Å². The van der Waals surface area contributed by atoms with Gasteiger partial charge in [-0.05, 0) is 31.4 Å². The predicted octanol–water partition coefficient (Wildman–Crippen LogP) is 2.16. The molecule has 3 rings (SSSR count). The van der Waals surface area contributed by atoms with Crippen molar-refractivity contribution in [2.75, 3.05) is 11.4 Å². The third-order valence-electron chi connectivity index (χ3n) is 3.85. The second-order valence-electron chi connectivity index (χ2n) is 5.44. The van der Waals surface area contributed by atoms with Crippen LogP contribution in [0.2, 0.25) is 0 Å². The zero-order chi connectivity index (χ0) is 15.5. The van der Waals surface area contributed by atoms with Gasteiger partial charge in [0.25, 0.3) is 5.91 Å². The summed E-state index contributed by atoms with van der Waals surface area (Å²) in [7, 11) is 0. The molecule has 0 N–H and O–H groups in total. The number of aromatic nitrogens is 2. The number of carbonyl (C=O) groups excluding carboxylic acids is 1. The largest absolute Gasteiger partial charge is 0.437 e. The fourth-order valence-corrected chi connectivity index (χ4v) is 2.79. The number of hydrogen-bond acceptors (Lipinski definition) is 4. The molecular weight excluding hydrogens is 282 g/mol. The number of piperidine rings is 1. The zero-order valence-corrected chi connectivity index (χ0v) is 12.6. The van der Waals surface area contributed by atoms with Crippen molar-refractivity contribution in [1.82, 2.24) is 9.78 Å². The first-order valence-electron chi connectivity index (χ1n) is 7.65. The molecule has 0 spiro atoms. The lowest BCUT2D eigenvalue weighted by Crippen LogP contribution is -2.44. The van der Waals surface area contributed by atoms with Gasteiger partial charge < -0.3 is 9.32 Å². The maximum Gasteiger partial charge on any atom is 0.437 e. The van der Waals surface area contributed by atoms with E-state index in [1.807, 2.05) is 37.3 Å². The van der Waals surface area contributed by atoms with Crippen LogP contribution in [-0.4, -0.2) is 22.2 Å². The lowest BCUT2D eigenvalue weighted by Gasteiger charge is -2.31. The van der Waals surface area contributed by atoms with Crippen LogP contribution in [0.25, 0.3) is 0 Å². The van der Waals surface area contributed by atoms with Gasteiger partial charge in [0.05, 0.1) is 0 Å². The molecular formula is C16H19N3O3. The smallest absolute Gasteiger partial charge is 0.392 e. The van der Waals surface area contributed by atoms with Gasteiger partial charge in [0.1, 0.15) is 6.04 Å². The quantitative estimate of drug-likeness (QED) is 0.868. The number of rotatable bonds is 4. The minimum Gasteiger partial charge on any atom is -0.392 e. The third-order valence-corrected chi connectivity index (χ3v) is 3.85. The summed E-state index contributed by atoms with van der Waals surface area (Å²) in [5.74, 6) is -0.246. The van der Waals surface area contributed by atoms with Crippen molar-refractivity contribution in [2.45, 2.75) is 38.6 Å². The molecule has 6 heteroatoms. The molecule has 0 saturated carbocycles. The maximum atomic E-state index is 12.7. The lowest BCUT2D eigenvalue weighted by molar-refractivity contribution is -0.123. The van der Waals surface area contributed by atoms with E-state index in [4.69, 9.17) is 4.42 Å². The summed E-state index contributed by atoms with van der Waals surface area (Å²) in [6, 6.07) is 8.93. The van der Waals surface area contributed by atoms with Crippen molar-refractivity contribution >= 4 is 11.6 Å². The van der Waals surface area contributed by atoms with Gasteiger partial charge >= 0.3 is 5.76 Å². The van der Waals surface area contributed by atoms with Crippen molar-refractivity contribution < 1.29 is 9.21 Å². The Hall–Kier alpha value is -2.37. The Kier molecular flexibility index (Phi) is 4.09. The molecule has 1 aliphatic heterocycles. The van der Waals surface area contributed by atoms with Crippen molar-refractivity contribution in [2.24, 2.45) is 0 Å². The molecule has 1 aromatic heterocycles. The minimum atomic E-state index is -0.573. The molecule has 1 aromatic carbocycles. The van der Waals surface area contributed by atoms with Crippen molar-refractivity contribution in [3.05, 3.63) is 46.8 Å². The van der Waals surface area contributed by atoms with E-state index in [1.165, 1.54) is 4.68 Å². The first kappa shape index (κ1) is 14.6. The zero-order valence-electron chi connectivity index (χ0n) is 12.6. The van der Waals surface area contributed by atoms with Crippen LogP contribution in [-0.2, 0) is 11.2 Å². The highest BCUT2D eigenvalue weighted by Gasteiger charge is 2.33. The predicted molar refractivity (Wildman–Crippen MR) is 81.8 cm³/mol. The summed E-state index contributed by atoms with van der Waals surface area (Å²) >= 11 is 0. The van der Waals surface area contributed by atoms with E-state index in [9.17, 15) is 9.59 Å². The molecule has 1 saturated heterocycles. The van der Waals surface area contributed by atoms with Crippen LogP contribution in [0, 0.1) is 0 Å². The highest BCUT2D eigenvalue weighted by Crippen LogP contribution is 2.26. The number of nitrogens with zero attached hydrogens (tertiary/aromatic N) is 3. The van der Waals surface area contributed by atoms with E-state index in [-0.39, 0.29) is 5.91 Å². The number of hydrogen-bond donors (Lipinski definition) is 0. The minimum absolute atomic E-state index is 0.101. The van der Waals surface area contributed by atoms with Gasteiger partial charge in [-0.2, -0.15) is 4.68 Å². The summed E-state index contributed by atoms with van der Waals surface area (Å²) in [6.07, 6.45) is 2.88. The Morgan fingerprint density at radius 2 is 2.05 bits per heavy atom. The standard InChI is InChI=1S/C16H19N3O3/c1-2-7-14-17-19(16(21)22-14)13-10-6-11-18(15(13)20)12-8-4-3-5-9-12/h3-5,8-9,13H,2,6-7,10-11H2,1H3. The van der Waals surface area contributed by atoms with Crippen LogP contribution in [0.5, 0.6) is 0 Å². The first-order chi connectivity index (χ1) is 10.7. The van der Waals surface area contributed by atoms with E-state index < -0.39 is 11.8 Å². The van der Waals surface area contributed by atoms with Gasteiger partial charge in [0.15, 0.2) is 0 Å². The second-order valence-corrected chi connectivity index (χ2v) is 5.44. The molecule has 6 nitrogen and oxygen atoms in total. The van der Waals surface area contributed by atoms with Gasteiger partial charge in [-0.3, -0.25) is 4.79 Å². The fraction of sp³-hybridized carbons (Fsp3) is 0.438. The maximum absolute atomic E-state index is 12.7. The Morgan fingerprint density at radius 3 is 2.77 bits per heavy atom. The summed E-state index contributed by atoms with van der Waals surface area (Å²) < 4.78 is 6.33. The summed E-state index contributed by atoms with van der Waals surface area (Å²) in [6.45, 7) is 2.65. The topological polar surface area (TPSA) is 68.3 Å².